The van der Waals surface area contributed by atoms with E-state index in [-0.39, 0.29) is 17.9 Å². The molecule has 0 heterocycles. The van der Waals surface area contributed by atoms with Crippen molar-refractivity contribution in [2.45, 2.75) is 13.0 Å². The molecule has 1 N–H and O–H groups in total. The Hall–Kier alpha value is -2.86. The largest absolute Gasteiger partial charge is 0.496 e. The number of Topliss-reactive ketones (excluding diaryl/α,β-unsaturated/α-hetero) is 2. The maximum absolute atomic E-state index is 11.9. The van der Waals surface area contributed by atoms with Gasteiger partial charge in [-0.25, -0.2) is 4.79 Å². The van der Waals surface area contributed by atoms with Crippen molar-refractivity contribution in [3.8, 4) is 5.75 Å². The third-order valence-electron chi connectivity index (χ3n) is 2.44. The van der Waals surface area contributed by atoms with Crippen LogP contribution in [-0.2, 0) is 16.1 Å². The fourth-order valence-electron chi connectivity index (χ4n) is 1.50. The van der Waals surface area contributed by atoms with E-state index in [1.807, 2.05) is 0 Å². The molecule has 0 saturated carbocycles. The molecule has 0 aliphatic heterocycles. The quantitative estimate of drug-likeness (QED) is 0.202. The second kappa shape index (κ2) is 6.91. The highest BCUT2D eigenvalue weighted by molar-refractivity contribution is 6.37. The molecule has 20 heavy (non-hydrogen) atoms. The Morgan fingerprint density at radius 1 is 1.40 bits per heavy atom. The minimum atomic E-state index is -1.66. The van der Waals surface area contributed by atoms with E-state index in [0.717, 1.165) is 0 Å². The molecule has 0 aliphatic rings. The van der Waals surface area contributed by atoms with Crippen LogP contribution < -0.4 is 4.74 Å². The zero-order chi connectivity index (χ0) is 15.1. The van der Waals surface area contributed by atoms with Gasteiger partial charge in [-0.15, -0.1) is 0 Å². The molecule has 0 radical (unpaired) electrons. The molecule has 0 spiro atoms. The van der Waals surface area contributed by atoms with E-state index in [1.54, 1.807) is 6.07 Å². The molecule has 8 nitrogen and oxygen atoms in total. The molecule has 1 aromatic rings. The topological polar surface area (TPSA) is 129 Å². The van der Waals surface area contributed by atoms with Gasteiger partial charge >= 0.3 is 5.97 Å². The predicted octanol–water partition coefficient (Wildman–Crippen LogP) is 1.73. The smallest absolute Gasteiger partial charge is 0.372 e. The Kier molecular flexibility index (Phi) is 5.25. The number of ether oxygens (including phenoxy) is 1. The lowest BCUT2D eigenvalue weighted by atomic mass is 10.0. The number of hydrogen-bond acceptors (Lipinski definition) is 5. The lowest BCUT2D eigenvalue weighted by molar-refractivity contribution is -0.148. The summed E-state index contributed by atoms with van der Waals surface area (Å²) in [5.41, 5.74) is 8.87. The number of azide groups is 1. The highest BCUT2D eigenvalue weighted by Gasteiger charge is 2.20. The van der Waals surface area contributed by atoms with Crippen LogP contribution in [0.15, 0.2) is 23.3 Å². The van der Waals surface area contributed by atoms with Gasteiger partial charge in [0.05, 0.1) is 25.6 Å². The maximum atomic E-state index is 11.9. The standard InChI is InChI=1S/C12H11N3O5/c1-20-11-3-2-7(6-14-15-13)4-8(11)9(16)5-10(17)12(18)19/h2-4H,5-6H2,1H3,(H,18,19). The molecule has 1 aromatic carbocycles. The number of aliphatic carboxylic acids is 1. The Morgan fingerprint density at radius 2 is 2.10 bits per heavy atom. The second-order valence-electron chi connectivity index (χ2n) is 3.75. The molecule has 0 aliphatic carbocycles. The van der Waals surface area contributed by atoms with E-state index >= 15 is 0 Å². The fourth-order valence-corrected chi connectivity index (χ4v) is 1.50. The van der Waals surface area contributed by atoms with Crippen molar-refractivity contribution in [2.24, 2.45) is 5.11 Å². The number of carbonyl (C=O) groups excluding carboxylic acids is 2. The van der Waals surface area contributed by atoms with Crippen molar-refractivity contribution in [3.63, 3.8) is 0 Å². The van der Waals surface area contributed by atoms with E-state index in [1.165, 1.54) is 19.2 Å². The van der Waals surface area contributed by atoms with E-state index in [4.69, 9.17) is 15.4 Å². The summed E-state index contributed by atoms with van der Waals surface area (Å²) in [5, 5.41) is 11.8. The maximum Gasteiger partial charge on any atom is 0.372 e. The summed E-state index contributed by atoms with van der Waals surface area (Å²) in [5.74, 6) is -3.31. The van der Waals surface area contributed by atoms with Crippen LogP contribution in [0.3, 0.4) is 0 Å². The molecule has 0 saturated heterocycles. The van der Waals surface area contributed by atoms with Gasteiger partial charge in [0.15, 0.2) is 5.78 Å². The summed E-state index contributed by atoms with van der Waals surface area (Å²) in [4.78, 5) is 36.0. The van der Waals surface area contributed by atoms with Crippen molar-refractivity contribution in [1.82, 2.24) is 0 Å². The number of carbonyl (C=O) groups is 3. The number of nitrogens with zero attached hydrogens (tertiary/aromatic N) is 3. The molecular formula is C12H11N3O5. The molecule has 0 aromatic heterocycles. The van der Waals surface area contributed by atoms with Gasteiger partial charge in [-0.1, -0.05) is 11.2 Å². The van der Waals surface area contributed by atoms with Crippen molar-refractivity contribution < 1.29 is 24.2 Å². The lowest BCUT2D eigenvalue weighted by Crippen LogP contribution is -2.17. The van der Waals surface area contributed by atoms with E-state index in [2.05, 4.69) is 10.0 Å². The molecule has 104 valence electrons. The number of carboxylic acid groups (broad SMARTS) is 1. The minimum Gasteiger partial charge on any atom is -0.496 e. The van der Waals surface area contributed by atoms with Gasteiger partial charge < -0.3 is 9.84 Å². The van der Waals surface area contributed by atoms with Crippen molar-refractivity contribution in [1.29, 1.82) is 0 Å². The first kappa shape index (κ1) is 15.2. The lowest BCUT2D eigenvalue weighted by Gasteiger charge is -2.08. The first-order valence-electron chi connectivity index (χ1n) is 5.46. The number of benzene rings is 1. The Labute approximate surface area is 113 Å². The molecule has 0 unspecified atom stereocenters. The molecule has 8 heteroatoms. The summed E-state index contributed by atoms with van der Waals surface area (Å²) in [7, 11) is 1.35. The van der Waals surface area contributed by atoms with Crippen molar-refractivity contribution >= 4 is 17.5 Å². The number of ketones is 2. The van der Waals surface area contributed by atoms with Gasteiger partial charge in [-0.2, -0.15) is 0 Å². The van der Waals surface area contributed by atoms with Crippen LogP contribution in [0.4, 0.5) is 0 Å². The Bertz CT molecular complexity index is 605. The van der Waals surface area contributed by atoms with Crippen LogP contribution in [0.25, 0.3) is 10.4 Å². The first-order valence-corrected chi connectivity index (χ1v) is 5.46. The van der Waals surface area contributed by atoms with Crippen LogP contribution in [0.1, 0.15) is 22.3 Å². The zero-order valence-electron chi connectivity index (χ0n) is 10.6. The number of methoxy groups -OCH3 is 1. The first-order chi connectivity index (χ1) is 9.49. The number of rotatable bonds is 7. The van der Waals surface area contributed by atoms with Gasteiger partial charge in [0.25, 0.3) is 0 Å². The molecule has 0 amide bonds. The molecule has 0 bridgehead atoms. The van der Waals surface area contributed by atoms with Gasteiger partial charge in [-0.05, 0) is 23.2 Å². The molecule has 0 fully saturated rings. The average Bonchev–Trinajstić information content (AvgIpc) is 2.44. The summed E-state index contributed by atoms with van der Waals surface area (Å²) in [6, 6.07) is 4.50. The van der Waals surface area contributed by atoms with E-state index < -0.39 is 24.0 Å². The van der Waals surface area contributed by atoms with Gasteiger partial charge in [0.1, 0.15) is 5.75 Å². The average molecular weight is 277 g/mol. The minimum absolute atomic E-state index is 0.0354. The normalized spacial score (nSPS) is 9.45. The Morgan fingerprint density at radius 3 is 2.65 bits per heavy atom. The summed E-state index contributed by atoms with van der Waals surface area (Å²) >= 11 is 0. The fraction of sp³-hybridized carbons (Fsp3) is 0.250. The molecular weight excluding hydrogens is 266 g/mol. The highest BCUT2D eigenvalue weighted by Crippen LogP contribution is 2.22. The third-order valence-corrected chi connectivity index (χ3v) is 2.44. The summed E-state index contributed by atoms with van der Waals surface area (Å²) in [6.45, 7) is 0.0354. The van der Waals surface area contributed by atoms with Crippen molar-refractivity contribution in [2.75, 3.05) is 7.11 Å². The van der Waals surface area contributed by atoms with E-state index in [0.29, 0.717) is 5.56 Å². The summed E-state index contributed by atoms with van der Waals surface area (Å²) in [6.07, 6.45) is -0.753. The van der Waals surface area contributed by atoms with Crippen LogP contribution >= 0.6 is 0 Å². The van der Waals surface area contributed by atoms with Crippen molar-refractivity contribution in [3.05, 3.63) is 39.8 Å². The SMILES string of the molecule is COc1ccc(CN=[N+]=[N-])cc1C(=O)CC(=O)C(=O)O. The van der Waals surface area contributed by atoms with Crippen LogP contribution in [-0.4, -0.2) is 29.8 Å². The van der Waals surface area contributed by atoms with Gasteiger partial charge in [0, 0.05) is 4.91 Å². The zero-order valence-corrected chi connectivity index (χ0v) is 10.6. The highest BCUT2D eigenvalue weighted by atomic mass is 16.5. The molecule has 1 rings (SSSR count). The molecule has 0 atom stereocenters. The number of hydrogen-bond donors (Lipinski definition) is 1. The van der Waals surface area contributed by atoms with Crippen LogP contribution in [0, 0.1) is 0 Å². The monoisotopic (exact) mass is 277 g/mol. The van der Waals surface area contributed by atoms with Gasteiger partial charge in [0.2, 0.25) is 5.78 Å². The summed E-state index contributed by atoms with van der Waals surface area (Å²) < 4.78 is 4.98. The van der Waals surface area contributed by atoms with Gasteiger partial charge in [-0.3, -0.25) is 9.59 Å². The Balaban J connectivity index is 3.06. The van der Waals surface area contributed by atoms with E-state index in [9.17, 15) is 14.4 Å². The predicted molar refractivity (Wildman–Crippen MR) is 67.4 cm³/mol. The van der Waals surface area contributed by atoms with Crippen LogP contribution in [0.2, 0.25) is 0 Å². The second-order valence-corrected chi connectivity index (χ2v) is 3.75. The van der Waals surface area contributed by atoms with Crippen LogP contribution in [0.5, 0.6) is 5.75 Å². The number of carboxylic acids is 1. The third kappa shape index (κ3) is 3.82.